The lowest BCUT2D eigenvalue weighted by atomic mass is 10.1. The molecule has 3 aromatic rings. The molecule has 4 rings (SSSR count). The highest BCUT2D eigenvalue weighted by Gasteiger charge is 2.28. The molecule has 25 heavy (non-hydrogen) atoms. The van der Waals surface area contributed by atoms with E-state index in [0.717, 1.165) is 39.6 Å². The summed E-state index contributed by atoms with van der Waals surface area (Å²) in [5.41, 5.74) is 2.11. The molecule has 0 saturated heterocycles. The zero-order chi connectivity index (χ0) is 17.6. The molecular formula is C18H14BrNO4S. The van der Waals surface area contributed by atoms with Crippen LogP contribution in [0, 0.1) is 0 Å². The van der Waals surface area contributed by atoms with E-state index in [1.54, 1.807) is 12.1 Å². The van der Waals surface area contributed by atoms with Gasteiger partial charge in [0.2, 0.25) is 0 Å². The van der Waals surface area contributed by atoms with E-state index in [1.807, 2.05) is 12.1 Å². The predicted octanol–water partition coefficient (Wildman–Crippen LogP) is 4.78. The van der Waals surface area contributed by atoms with Crippen LogP contribution in [0.1, 0.15) is 37.8 Å². The maximum absolute atomic E-state index is 12.6. The van der Waals surface area contributed by atoms with Gasteiger partial charge in [-0.15, -0.1) is 11.3 Å². The predicted molar refractivity (Wildman–Crippen MR) is 99.6 cm³/mol. The van der Waals surface area contributed by atoms with Crippen LogP contribution in [0.15, 0.2) is 33.2 Å². The summed E-state index contributed by atoms with van der Waals surface area (Å²) in [5.74, 6) is -0.585. The van der Waals surface area contributed by atoms with Crippen LogP contribution in [0.3, 0.4) is 0 Å². The average molecular weight is 420 g/mol. The molecule has 0 bridgehead atoms. The number of thiophene rings is 1. The Bertz CT molecular complexity index is 1000. The molecule has 1 N–H and O–H groups in total. The summed E-state index contributed by atoms with van der Waals surface area (Å²) in [4.78, 5) is 25.9. The SMILES string of the molecule is COC(=O)c1c(NC(=O)c2cc3cc(Br)ccc3o2)sc2c1CCC2. The molecule has 5 nitrogen and oxygen atoms in total. The second kappa shape index (κ2) is 6.31. The smallest absolute Gasteiger partial charge is 0.341 e. The number of hydrogen-bond donors (Lipinski definition) is 1. The molecule has 0 atom stereocenters. The first-order valence-electron chi connectivity index (χ1n) is 7.80. The zero-order valence-electron chi connectivity index (χ0n) is 13.3. The van der Waals surface area contributed by atoms with E-state index in [0.29, 0.717) is 16.1 Å². The maximum Gasteiger partial charge on any atom is 0.341 e. The minimum absolute atomic E-state index is 0.206. The summed E-state index contributed by atoms with van der Waals surface area (Å²) in [7, 11) is 1.35. The molecule has 0 saturated carbocycles. The van der Waals surface area contributed by atoms with Crippen molar-refractivity contribution in [3.63, 3.8) is 0 Å². The fraction of sp³-hybridized carbons (Fsp3) is 0.222. The van der Waals surface area contributed by atoms with Crippen molar-refractivity contribution in [1.29, 1.82) is 0 Å². The Morgan fingerprint density at radius 1 is 1.28 bits per heavy atom. The number of anilines is 1. The Balaban J connectivity index is 1.67. The maximum atomic E-state index is 12.6. The number of carbonyl (C=O) groups is 2. The van der Waals surface area contributed by atoms with Crippen LogP contribution in [-0.4, -0.2) is 19.0 Å². The summed E-state index contributed by atoms with van der Waals surface area (Å²) in [6.07, 6.45) is 2.79. The Hall–Kier alpha value is -2.12. The normalized spacial score (nSPS) is 13.0. The van der Waals surface area contributed by atoms with Gasteiger partial charge in [0.1, 0.15) is 10.6 Å². The molecule has 1 aliphatic carbocycles. The Labute approximate surface area is 156 Å². The van der Waals surface area contributed by atoms with Gasteiger partial charge >= 0.3 is 5.97 Å². The van der Waals surface area contributed by atoms with Crippen molar-refractivity contribution >= 4 is 55.1 Å². The molecule has 0 unspecified atom stereocenters. The van der Waals surface area contributed by atoms with Gasteiger partial charge in [0.05, 0.1) is 12.7 Å². The number of furan rings is 1. The van der Waals surface area contributed by atoms with Gasteiger partial charge in [-0.05, 0) is 49.1 Å². The topological polar surface area (TPSA) is 68.5 Å². The molecular weight excluding hydrogens is 406 g/mol. The fourth-order valence-electron chi connectivity index (χ4n) is 3.10. The number of ether oxygens (including phenoxy) is 1. The second-order valence-corrected chi connectivity index (χ2v) is 7.82. The number of halogens is 1. The molecule has 128 valence electrons. The third-order valence-corrected chi connectivity index (χ3v) is 5.94. The van der Waals surface area contributed by atoms with Gasteiger partial charge in [-0.2, -0.15) is 0 Å². The first-order valence-corrected chi connectivity index (χ1v) is 9.41. The molecule has 2 heterocycles. The van der Waals surface area contributed by atoms with Gasteiger partial charge in [-0.1, -0.05) is 15.9 Å². The van der Waals surface area contributed by atoms with Crippen LogP contribution >= 0.6 is 27.3 Å². The first kappa shape index (κ1) is 16.4. The van der Waals surface area contributed by atoms with Crippen molar-refractivity contribution in [2.45, 2.75) is 19.3 Å². The van der Waals surface area contributed by atoms with Crippen LogP contribution in [-0.2, 0) is 17.6 Å². The van der Waals surface area contributed by atoms with Crippen molar-refractivity contribution < 1.29 is 18.7 Å². The number of carbonyl (C=O) groups excluding carboxylic acids is 2. The number of nitrogens with one attached hydrogen (secondary N) is 1. The largest absolute Gasteiger partial charge is 0.465 e. The number of esters is 1. The molecule has 0 spiro atoms. The average Bonchev–Trinajstić information content (AvgIpc) is 3.27. The molecule has 0 fully saturated rings. The lowest BCUT2D eigenvalue weighted by Crippen LogP contribution is -2.14. The number of amides is 1. The number of aryl methyl sites for hydroxylation is 1. The van der Waals surface area contributed by atoms with Gasteiger partial charge in [0.15, 0.2) is 5.76 Å². The van der Waals surface area contributed by atoms with Crippen LogP contribution < -0.4 is 5.32 Å². The lowest BCUT2D eigenvalue weighted by Gasteiger charge is -2.05. The Morgan fingerprint density at radius 2 is 2.12 bits per heavy atom. The molecule has 7 heteroatoms. The number of rotatable bonds is 3. The number of benzene rings is 1. The van der Waals surface area contributed by atoms with E-state index in [4.69, 9.17) is 9.15 Å². The molecule has 0 radical (unpaired) electrons. The van der Waals surface area contributed by atoms with Gasteiger partial charge in [0.25, 0.3) is 5.91 Å². The zero-order valence-corrected chi connectivity index (χ0v) is 15.8. The van der Waals surface area contributed by atoms with Gasteiger partial charge in [0, 0.05) is 14.7 Å². The summed E-state index contributed by atoms with van der Waals surface area (Å²) in [5, 5.41) is 4.19. The van der Waals surface area contributed by atoms with E-state index >= 15 is 0 Å². The number of fused-ring (bicyclic) bond motifs is 2. The van der Waals surface area contributed by atoms with Crippen molar-refractivity contribution in [2.24, 2.45) is 0 Å². The summed E-state index contributed by atoms with van der Waals surface area (Å²) >= 11 is 4.84. The van der Waals surface area contributed by atoms with Crippen molar-refractivity contribution in [1.82, 2.24) is 0 Å². The fourth-order valence-corrected chi connectivity index (χ4v) is 4.75. The number of hydrogen-bond acceptors (Lipinski definition) is 5. The molecule has 1 amide bonds. The highest BCUT2D eigenvalue weighted by molar-refractivity contribution is 9.10. The van der Waals surface area contributed by atoms with E-state index in [-0.39, 0.29) is 11.7 Å². The highest BCUT2D eigenvalue weighted by atomic mass is 79.9. The minimum atomic E-state index is -0.414. The lowest BCUT2D eigenvalue weighted by molar-refractivity contribution is 0.0601. The van der Waals surface area contributed by atoms with Crippen LogP contribution in [0.5, 0.6) is 0 Å². The van der Waals surface area contributed by atoms with Crippen molar-refractivity contribution in [3.05, 3.63) is 50.5 Å². The summed E-state index contributed by atoms with van der Waals surface area (Å²) < 4.78 is 11.4. The van der Waals surface area contributed by atoms with Crippen LogP contribution in [0.25, 0.3) is 11.0 Å². The quantitative estimate of drug-likeness (QED) is 0.619. The third kappa shape index (κ3) is 2.87. The van der Waals surface area contributed by atoms with Crippen molar-refractivity contribution in [3.8, 4) is 0 Å². The molecule has 1 aromatic carbocycles. The Morgan fingerprint density at radius 3 is 2.92 bits per heavy atom. The van der Waals surface area contributed by atoms with Gasteiger partial charge in [-0.25, -0.2) is 4.79 Å². The van der Waals surface area contributed by atoms with Crippen LogP contribution in [0.2, 0.25) is 0 Å². The summed E-state index contributed by atoms with van der Waals surface area (Å²) in [6, 6.07) is 7.23. The van der Waals surface area contributed by atoms with E-state index in [9.17, 15) is 9.59 Å². The minimum Gasteiger partial charge on any atom is -0.465 e. The number of methoxy groups -OCH3 is 1. The van der Waals surface area contributed by atoms with Gasteiger partial charge < -0.3 is 14.5 Å². The van der Waals surface area contributed by atoms with E-state index in [1.165, 1.54) is 18.4 Å². The van der Waals surface area contributed by atoms with E-state index < -0.39 is 5.97 Å². The summed E-state index contributed by atoms with van der Waals surface area (Å²) in [6.45, 7) is 0. The molecule has 0 aliphatic heterocycles. The molecule has 2 aromatic heterocycles. The highest BCUT2D eigenvalue weighted by Crippen LogP contribution is 2.39. The standard InChI is InChI=1S/C18H14BrNO4S/c1-23-18(22)15-11-3-2-4-14(11)25-17(15)20-16(21)13-8-9-7-10(19)5-6-12(9)24-13/h5-8H,2-4H2,1H3,(H,20,21). The Kier molecular flexibility index (Phi) is 4.13. The van der Waals surface area contributed by atoms with E-state index in [2.05, 4.69) is 21.2 Å². The molecule has 1 aliphatic rings. The third-order valence-electron chi connectivity index (χ3n) is 4.24. The first-order chi connectivity index (χ1) is 12.1. The van der Waals surface area contributed by atoms with Gasteiger partial charge in [-0.3, -0.25) is 4.79 Å². The van der Waals surface area contributed by atoms with Crippen LogP contribution in [0.4, 0.5) is 5.00 Å². The second-order valence-electron chi connectivity index (χ2n) is 5.80. The van der Waals surface area contributed by atoms with Crippen molar-refractivity contribution in [2.75, 3.05) is 12.4 Å². The monoisotopic (exact) mass is 419 g/mol.